The van der Waals surface area contributed by atoms with Crippen molar-refractivity contribution in [2.45, 2.75) is 31.7 Å². The van der Waals surface area contributed by atoms with Gasteiger partial charge < -0.3 is 19.8 Å². The fourth-order valence-corrected chi connectivity index (χ4v) is 3.93. The first-order valence-corrected chi connectivity index (χ1v) is 11.5. The lowest BCUT2D eigenvalue weighted by Gasteiger charge is -2.43. The van der Waals surface area contributed by atoms with Gasteiger partial charge in [-0.1, -0.05) is 6.07 Å². The zero-order valence-corrected chi connectivity index (χ0v) is 20.5. The third kappa shape index (κ3) is 11.0. The number of aliphatic carboxylic acids is 2. The van der Waals surface area contributed by atoms with Gasteiger partial charge >= 0.3 is 24.3 Å². The van der Waals surface area contributed by atoms with E-state index in [1.165, 1.54) is 5.56 Å². The van der Waals surface area contributed by atoms with Crippen molar-refractivity contribution < 1.29 is 50.9 Å². The largest absolute Gasteiger partial charge is 0.490 e. The van der Waals surface area contributed by atoms with E-state index in [9.17, 15) is 26.3 Å². The summed E-state index contributed by atoms with van der Waals surface area (Å²) < 4.78 is 69.5. The van der Waals surface area contributed by atoms with E-state index in [0.29, 0.717) is 0 Å². The van der Waals surface area contributed by atoms with Crippen LogP contribution in [0.2, 0.25) is 0 Å². The second kappa shape index (κ2) is 14.0. The van der Waals surface area contributed by atoms with Crippen molar-refractivity contribution in [3.63, 3.8) is 0 Å². The van der Waals surface area contributed by atoms with Crippen LogP contribution in [-0.4, -0.2) is 93.7 Å². The maximum Gasteiger partial charge on any atom is 0.490 e. The van der Waals surface area contributed by atoms with Crippen molar-refractivity contribution in [2.24, 2.45) is 5.41 Å². The first kappa shape index (κ1) is 31.7. The molecule has 0 unspecified atom stereocenters. The van der Waals surface area contributed by atoms with Crippen LogP contribution >= 0.6 is 0 Å². The fourth-order valence-electron chi connectivity index (χ4n) is 3.93. The summed E-state index contributed by atoms with van der Waals surface area (Å²) in [6.07, 6.45) is 1.25. The Hall–Kier alpha value is -3.53. The second-order valence-electron chi connectivity index (χ2n) is 8.78. The van der Waals surface area contributed by atoms with E-state index in [1.54, 1.807) is 12.4 Å². The number of anilines is 1. The molecule has 0 amide bonds. The van der Waals surface area contributed by atoms with Crippen molar-refractivity contribution in [1.82, 2.24) is 19.9 Å². The summed E-state index contributed by atoms with van der Waals surface area (Å²) in [6, 6.07) is 4.17. The summed E-state index contributed by atoms with van der Waals surface area (Å²) in [4.78, 5) is 35.5. The van der Waals surface area contributed by atoms with Crippen LogP contribution in [0.1, 0.15) is 18.4 Å². The van der Waals surface area contributed by atoms with E-state index in [-0.39, 0.29) is 5.41 Å². The zero-order chi connectivity index (χ0) is 29.1. The summed E-state index contributed by atoms with van der Waals surface area (Å²) in [5.74, 6) is -4.53. The number of halogens is 6. The molecule has 2 aliphatic heterocycles. The molecule has 0 aromatic carbocycles. The molecule has 2 aliphatic rings. The Morgan fingerprint density at radius 1 is 0.923 bits per heavy atom. The van der Waals surface area contributed by atoms with Gasteiger partial charge in [-0.2, -0.15) is 26.3 Å². The van der Waals surface area contributed by atoms with Gasteiger partial charge in [0.25, 0.3) is 0 Å². The highest BCUT2D eigenvalue weighted by molar-refractivity contribution is 5.73. The first-order valence-electron chi connectivity index (χ1n) is 11.5. The highest BCUT2D eigenvalue weighted by Gasteiger charge is 2.39. The number of piperidine rings is 1. The number of carboxylic acid groups (broad SMARTS) is 2. The topological polar surface area (TPSA) is 129 Å². The number of rotatable bonds is 3. The smallest absolute Gasteiger partial charge is 0.475 e. The molecule has 16 heteroatoms. The molecular formula is C23H27F6N5O5. The van der Waals surface area contributed by atoms with Gasteiger partial charge in [-0.3, -0.25) is 14.9 Å². The third-order valence-electron chi connectivity index (χ3n) is 5.83. The Balaban J connectivity index is 0.000000317. The Morgan fingerprint density at radius 2 is 1.51 bits per heavy atom. The third-order valence-corrected chi connectivity index (χ3v) is 5.83. The predicted molar refractivity (Wildman–Crippen MR) is 124 cm³/mol. The molecule has 0 aliphatic carbocycles. The zero-order valence-electron chi connectivity index (χ0n) is 20.5. The molecule has 0 saturated carbocycles. The van der Waals surface area contributed by atoms with Crippen molar-refractivity contribution in [2.75, 3.05) is 44.3 Å². The number of hydrogen-bond donors (Lipinski definition) is 2. The lowest BCUT2D eigenvalue weighted by Crippen LogP contribution is -2.47. The average molecular weight is 567 g/mol. The van der Waals surface area contributed by atoms with E-state index < -0.39 is 24.3 Å². The Labute approximate surface area is 219 Å². The van der Waals surface area contributed by atoms with Crippen LogP contribution in [0.25, 0.3) is 0 Å². The molecule has 0 bridgehead atoms. The van der Waals surface area contributed by atoms with Crippen molar-refractivity contribution in [3.05, 3.63) is 48.7 Å². The fraction of sp³-hybridized carbons (Fsp3) is 0.522. The molecule has 1 spiro atoms. The number of pyridine rings is 1. The second-order valence-corrected chi connectivity index (χ2v) is 8.78. The number of carboxylic acids is 2. The van der Waals surface area contributed by atoms with Crippen LogP contribution in [0, 0.1) is 5.41 Å². The maximum atomic E-state index is 10.6. The molecule has 2 aromatic rings. The van der Waals surface area contributed by atoms with Crippen molar-refractivity contribution >= 4 is 17.8 Å². The van der Waals surface area contributed by atoms with Gasteiger partial charge in [0.2, 0.25) is 0 Å². The van der Waals surface area contributed by atoms with E-state index in [2.05, 4.69) is 30.8 Å². The van der Waals surface area contributed by atoms with Crippen LogP contribution in [0.15, 0.2) is 43.1 Å². The molecule has 4 heterocycles. The van der Waals surface area contributed by atoms with Crippen LogP contribution in [-0.2, 0) is 20.9 Å². The van der Waals surface area contributed by atoms with E-state index >= 15 is 0 Å². The summed E-state index contributed by atoms with van der Waals surface area (Å²) in [5.41, 5.74) is 1.52. The molecular weight excluding hydrogens is 540 g/mol. The number of nitrogens with zero attached hydrogens (tertiary/aromatic N) is 5. The van der Waals surface area contributed by atoms with Gasteiger partial charge in [0.1, 0.15) is 5.82 Å². The van der Waals surface area contributed by atoms with E-state index in [1.807, 2.05) is 24.7 Å². The van der Waals surface area contributed by atoms with E-state index in [0.717, 1.165) is 64.6 Å². The normalized spacial score (nSPS) is 17.6. The van der Waals surface area contributed by atoms with Gasteiger partial charge in [0.15, 0.2) is 0 Å². The Morgan fingerprint density at radius 3 is 2.00 bits per heavy atom. The maximum absolute atomic E-state index is 10.6. The summed E-state index contributed by atoms with van der Waals surface area (Å²) in [5, 5.41) is 14.2. The average Bonchev–Trinajstić information content (AvgIpc) is 3.07. The lowest BCUT2D eigenvalue weighted by atomic mass is 9.78. The van der Waals surface area contributed by atoms with Gasteiger partial charge in [-0.15, -0.1) is 0 Å². The molecule has 39 heavy (non-hydrogen) atoms. The lowest BCUT2D eigenvalue weighted by molar-refractivity contribution is -0.193. The molecule has 10 nitrogen and oxygen atoms in total. The minimum absolute atomic E-state index is 0.247. The van der Waals surface area contributed by atoms with Crippen LogP contribution in [0.3, 0.4) is 0 Å². The molecule has 216 valence electrons. The molecule has 2 aromatic heterocycles. The molecule has 2 fully saturated rings. The summed E-state index contributed by atoms with van der Waals surface area (Å²) in [6.45, 7) is 6.75. The monoisotopic (exact) mass is 567 g/mol. The van der Waals surface area contributed by atoms with Crippen LogP contribution in [0.5, 0.6) is 0 Å². The highest BCUT2D eigenvalue weighted by atomic mass is 19.4. The van der Waals surface area contributed by atoms with E-state index in [4.69, 9.17) is 24.5 Å². The van der Waals surface area contributed by atoms with Crippen LogP contribution < -0.4 is 4.90 Å². The molecule has 2 N–H and O–H groups in total. The highest BCUT2D eigenvalue weighted by Crippen LogP contribution is 2.35. The van der Waals surface area contributed by atoms with Crippen molar-refractivity contribution in [3.8, 4) is 0 Å². The van der Waals surface area contributed by atoms with Gasteiger partial charge in [-0.05, 0) is 24.5 Å². The standard InChI is InChI=1S/C19H25N5O.2C2HF3O2/c1-2-17(12-20-5-1)14-23-10-11-25-16-19(15-23)3-8-24(9-4-19)18-13-21-6-7-22-18;2*3-2(4,5)1(6)7/h1-2,5-7,12-13H,3-4,8-11,14-16H2;2*(H,6,7). The predicted octanol–water partition coefficient (Wildman–Crippen LogP) is 3.26. The number of aromatic nitrogens is 3. The van der Waals surface area contributed by atoms with Gasteiger partial charge in [-0.25, -0.2) is 14.6 Å². The number of ether oxygens (including phenoxy) is 1. The molecule has 0 radical (unpaired) electrons. The minimum Gasteiger partial charge on any atom is -0.475 e. The molecule has 4 rings (SSSR count). The number of carbonyl (C=O) groups is 2. The molecule has 0 atom stereocenters. The van der Waals surface area contributed by atoms with Gasteiger partial charge in [0.05, 0.1) is 19.4 Å². The first-order chi connectivity index (χ1) is 18.2. The Kier molecular flexibility index (Phi) is 11.4. The number of hydrogen-bond acceptors (Lipinski definition) is 8. The molecule has 2 saturated heterocycles. The number of alkyl halides is 6. The quantitative estimate of drug-likeness (QED) is 0.534. The van der Waals surface area contributed by atoms with Crippen molar-refractivity contribution in [1.29, 1.82) is 0 Å². The SMILES string of the molecule is O=C(O)C(F)(F)F.O=C(O)C(F)(F)F.c1cncc(CN2CCOCC3(CCN(c4cnccn4)CC3)C2)c1. The van der Waals surface area contributed by atoms with Crippen LogP contribution in [0.4, 0.5) is 32.2 Å². The summed E-state index contributed by atoms with van der Waals surface area (Å²) >= 11 is 0. The Bertz CT molecular complexity index is 1010. The minimum atomic E-state index is -5.08. The summed E-state index contributed by atoms with van der Waals surface area (Å²) in [7, 11) is 0. The van der Waals surface area contributed by atoms with Gasteiger partial charge in [0, 0.05) is 62.9 Å².